The average Bonchev–Trinajstić information content (AvgIpc) is 3.12. The van der Waals surface area contributed by atoms with E-state index >= 15 is 0 Å². The molecule has 4 rings (SSSR count). The first kappa shape index (κ1) is 21.4. The second-order valence-corrected chi connectivity index (χ2v) is 8.99. The Labute approximate surface area is 186 Å². The van der Waals surface area contributed by atoms with Gasteiger partial charge in [-0.05, 0) is 41.8 Å². The number of hydrogen-bond donors (Lipinski definition) is 2. The first-order chi connectivity index (χ1) is 15.1. The lowest BCUT2D eigenvalue weighted by Crippen LogP contribution is -2.63. The van der Waals surface area contributed by atoms with Gasteiger partial charge in [0.15, 0.2) is 0 Å². The standard InChI is InChI=1S/C24H26N4O4/c1-24(2,3)21-19(14-27(21)23(30)31)28-13-18(22(25)29)20(26-28)15-9-11-17(12-10-15)32-16-7-5-4-6-8-16/h4-13,19,21H,14H2,1-3H3,(H2,25,29)(H,30,31). The molecular weight excluding hydrogens is 408 g/mol. The minimum Gasteiger partial charge on any atom is -0.465 e. The van der Waals surface area contributed by atoms with E-state index in [0.29, 0.717) is 23.6 Å². The highest BCUT2D eigenvalue weighted by molar-refractivity contribution is 5.98. The van der Waals surface area contributed by atoms with Crippen LogP contribution < -0.4 is 10.5 Å². The summed E-state index contributed by atoms with van der Waals surface area (Å²) < 4.78 is 7.50. The predicted octanol–water partition coefficient (Wildman–Crippen LogP) is 4.39. The van der Waals surface area contributed by atoms with Crippen LogP contribution in [-0.2, 0) is 0 Å². The van der Waals surface area contributed by atoms with Crippen LogP contribution in [0.15, 0.2) is 60.8 Å². The molecule has 0 radical (unpaired) electrons. The van der Waals surface area contributed by atoms with Gasteiger partial charge in [-0.15, -0.1) is 0 Å². The lowest BCUT2D eigenvalue weighted by Gasteiger charge is -2.52. The molecule has 0 bridgehead atoms. The molecule has 1 aliphatic heterocycles. The molecular formula is C24H26N4O4. The maximum Gasteiger partial charge on any atom is 0.407 e. The van der Waals surface area contributed by atoms with Gasteiger partial charge in [-0.25, -0.2) is 4.79 Å². The van der Waals surface area contributed by atoms with Crippen LogP contribution in [0.2, 0.25) is 0 Å². The van der Waals surface area contributed by atoms with Crippen LogP contribution in [0.25, 0.3) is 11.3 Å². The number of nitrogens with zero attached hydrogens (tertiary/aromatic N) is 3. The third kappa shape index (κ3) is 4.03. The zero-order chi connectivity index (χ0) is 23.0. The van der Waals surface area contributed by atoms with Gasteiger partial charge in [-0.1, -0.05) is 39.0 Å². The molecule has 0 saturated carbocycles. The number of para-hydroxylation sites is 1. The maximum absolute atomic E-state index is 12.1. The summed E-state index contributed by atoms with van der Waals surface area (Å²) in [4.78, 5) is 25.1. The normalized spacial score (nSPS) is 18.2. The molecule has 2 aromatic carbocycles. The first-order valence-corrected chi connectivity index (χ1v) is 10.4. The van der Waals surface area contributed by atoms with Crippen molar-refractivity contribution in [3.63, 3.8) is 0 Å². The number of nitrogens with two attached hydrogens (primary N) is 1. The Hall–Kier alpha value is -3.81. The van der Waals surface area contributed by atoms with E-state index in [1.54, 1.807) is 23.0 Å². The van der Waals surface area contributed by atoms with Crippen LogP contribution in [0.1, 0.15) is 37.2 Å². The van der Waals surface area contributed by atoms with E-state index in [0.717, 1.165) is 11.3 Å². The molecule has 0 aliphatic carbocycles. The number of likely N-dealkylation sites (tertiary alicyclic amines) is 1. The van der Waals surface area contributed by atoms with Gasteiger partial charge in [0.2, 0.25) is 0 Å². The lowest BCUT2D eigenvalue weighted by molar-refractivity contribution is -0.0319. The van der Waals surface area contributed by atoms with E-state index in [9.17, 15) is 14.7 Å². The molecule has 1 saturated heterocycles. The van der Waals surface area contributed by atoms with Crippen LogP contribution in [0.4, 0.5) is 4.79 Å². The Bertz CT molecular complexity index is 1130. The minimum absolute atomic E-state index is 0.182. The monoisotopic (exact) mass is 434 g/mol. The second-order valence-electron chi connectivity index (χ2n) is 8.99. The highest BCUT2D eigenvalue weighted by atomic mass is 16.5. The summed E-state index contributed by atoms with van der Waals surface area (Å²) in [7, 11) is 0. The average molecular weight is 434 g/mol. The van der Waals surface area contributed by atoms with Crippen LogP contribution in [-0.4, -0.2) is 44.4 Å². The number of hydrogen-bond acceptors (Lipinski definition) is 4. The van der Waals surface area contributed by atoms with E-state index in [2.05, 4.69) is 5.10 Å². The second kappa shape index (κ2) is 8.03. The van der Waals surface area contributed by atoms with Crippen molar-refractivity contribution in [2.45, 2.75) is 32.9 Å². The Morgan fingerprint density at radius 2 is 1.69 bits per heavy atom. The van der Waals surface area contributed by atoms with Crippen LogP contribution in [0.5, 0.6) is 11.5 Å². The molecule has 2 amide bonds. The molecule has 8 nitrogen and oxygen atoms in total. The van der Waals surface area contributed by atoms with E-state index in [1.807, 2.05) is 63.2 Å². The Morgan fingerprint density at radius 1 is 1.06 bits per heavy atom. The summed E-state index contributed by atoms with van der Waals surface area (Å²) in [6, 6.07) is 16.2. The van der Waals surface area contributed by atoms with Gasteiger partial charge in [0.1, 0.15) is 17.2 Å². The van der Waals surface area contributed by atoms with Crippen LogP contribution in [0.3, 0.4) is 0 Å². The molecule has 3 N–H and O–H groups in total. The van der Waals surface area contributed by atoms with Crippen molar-refractivity contribution in [3.8, 4) is 22.8 Å². The first-order valence-electron chi connectivity index (χ1n) is 10.4. The molecule has 1 fully saturated rings. The summed E-state index contributed by atoms with van der Waals surface area (Å²) >= 11 is 0. The van der Waals surface area contributed by atoms with Crippen LogP contribution >= 0.6 is 0 Å². The summed E-state index contributed by atoms with van der Waals surface area (Å²) in [5, 5.41) is 14.2. The van der Waals surface area contributed by atoms with Gasteiger partial charge in [0.25, 0.3) is 5.91 Å². The van der Waals surface area contributed by atoms with E-state index in [4.69, 9.17) is 10.5 Å². The molecule has 0 spiro atoms. The number of ether oxygens (including phenoxy) is 1. The number of amides is 2. The third-order valence-electron chi connectivity index (χ3n) is 5.66. The van der Waals surface area contributed by atoms with Gasteiger partial charge in [0.05, 0.1) is 17.6 Å². The number of benzene rings is 2. The number of carboxylic acid groups (broad SMARTS) is 1. The van der Waals surface area contributed by atoms with Gasteiger partial charge in [0, 0.05) is 18.3 Å². The summed E-state index contributed by atoms with van der Waals surface area (Å²) in [6.45, 7) is 6.28. The minimum atomic E-state index is -0.960. The fraction of sp³-hybridized carbons (Fsp3) is 0.292. The highest BCUT2D eigenvalue weighted by Gasteiger charge is 2.50. The molecule has 2 unspecified atom stereocenters. The molecule has 1 aromatic heterocycles. The molecule has 32 heavy (non-hydrogen) atoms. The predicted molar refractivity (Wildman–Crippen MR) is 120 cm³/mol. The molecule has 3 aromatic rings. The van der Waals surface area contributed by atoms with E-state index in [-0.39, 0.29) is 17.5 Å². The van der Waals surface area contributed by atoms with Gasteiger partial charge < -0.3 is 20.5 Å². The SMILES string of the molecule is CC(C)(C)C1C(n2cc(C(N)=O)c(-c3ccc(Oc4ccccc4)cc3)n2)CN1C(=O)O. The maximum atomic E-state index is 12.1. The van der Waals surface area contributed by atoms with Crippen molar-refractivity contribution in [1.29, 1.82) is 0 Å². The highest BCUT2D eigenvalue weighted by Crippen LogP contribution is 2.41. The fourth-order valence-electron chi connectivity index (χ4n) is 4.22. The zero-order valence-electron chi connectivity index (χ0n) is 18.2. The number of primary amides is 1. The van der Waals surface area contributed by atoms with Gasteiger partial charge in [-0.3, -0.25) is 9.48 Å². The van der Waals surface area contributed by atoms with Crippen molar-refractivity contribution in [2.75, 3.05) is 6.54 Å². The Morgan fingerprint density at radius 3 is 2.25 bits per heavy atom. The van der Waals surface area contributed by atoms with Crippen molar-refractivity contribution in [3.05, 3.63) is 66.4 Å². The molecule has 2 atom stereocenters. The fourth-order valence-corrected chi connectivity index (χ4v) is 4.22. The molecule has 8 heteroatoms. The van der Waals surface area contributed by atoms with E-state index < -0.39 is 12.0 Å². The quantitative estimate of drug-likeness (QED) is 0.619. The van der Waals surface area contributed by atoms with Crippen molar-refractivity contribution < 1.29 is 19.4 Å². The summed E-state index contributed by atoms with van der Waals surface area (Å²) in [5.74, 6) is 0.796. The molecule has 1 aliphatic rings. The van der Waals surface area contributed by atoms with Gasteiger partial charge >= 0.3 is 6.09 Å². The van der Waals surface area contributed by atoms with E-state index in [1.165, 1.54) is 4.90 Å². The third-order valence-corrected chi connectivity index (χ3v) is 5.66. The Kier molecular flexibility index (Phi) is 5.38. The smallest absolute Gasteiger partial charge is 0.407 e. The number of rotatable bonds is 5. The molecule has 166 valence electrons. The summed E-state index contributed by atoms with van der Waals surface area (Å²) in [5.41, 5.74) is 6.82. The lowest BCUT2D eigenvalue weighted by atomic mass is 9.76. The number of carbonyl (C=O) groups is 2. The zero-order valence-corrected chi connectivity index (χ0v) is 18.2. The van der Waals surface area contributed by atoms with Crippen molar-refractivity contribution >= 4 is 12.0 Å². The molecule has 2 heterocycles. The van der Waals surface area contributed by atoms with Gasteiger partial charge in [-0.2, -0.15) is 5.10 Å². The van der Waals surface area contributed by atoms with Crippen molar-refractivity contribution in [1.82, 2.24) is 14.7 Å². The van der Waals surface area contributed by atoms with Crippen molar-refractivity contribution in [2.24, 2.45) is 11.1 Å². The number of aromatic nitrogens is 2. The van der Waals surface area contributed by atoms with Crippen LogP contribution in [0, 0.1) is 5.41 Å². The Balaban J connectivity index is 1.63. The summed E-state index contributed by atoms with van der Waals surface area (Å²) in [6.07, 6.45) is 0.659. The largest absolute Gasteiger partial charge is 0.465 e. The topological polar surface area (TPSA) is 111 Å². The number of carbonyl (C=O) groups excluding carboxylic acids is 1.